The van der Waals surface area contributed by atoms with E-state index in [1.165, 1.54) is 5.56 Å². The Kier molecular flexibility index (Phi) is 7.86. The van der Waals surface area contributed by atoms with E-state index in [1.807, 2.05) is 25.1 Å². The zero-order valence-electron chi connectivity index (χ0n) is 9.11. The number of allylic oxidation sites excluding steroid dienone is 1. The Morgan fingerprint density at radius 2 is 1.86 bits per heavy atom. The van der Waals surface area contributed by atoms with Gasteiger partial charge in [0.2, 0.25) is 0 Å². The fraction of sp³-hybridized carbons (Fsp3) is 0.385. The molecule has 78 valence electrons. The maximum Gasteiger partial charge on any atom is 0.0499 e. The van der Waals surface area contributed by atoms with Crippen LogP contribution in [0.3, 0.4) is 0 Å². The van der Waals surface area contributed by atoms with Crippen LogP contribution in [0.1, 0.15) is 31.7 Å². The first-order valence-corrected chi connectivity index (χ1v) is 5.02. The summed E-state index contributed by atoms with van der Waals surface area (Å²) in [5.74, 6) is 0.316. The third-order valence-electron chi connectivity index (χ3n) is 1.98. The maximum atomic E-state index is 8.98. The van der Waals surface area contributed by atoms with Gasteiger partial charge < -0.3 is 5.11 Å². The molecule has 0 aromatic heterocycles. The van der Waals surface area contributed by atoms with Crippen LogP contribution in [0.15, 0.2) is 43.0 Å². The fourth-order valence-corrected chi connectivity index (χ4v) is 1.20. The minimum absolute atomic E-state index is 0.251. The van der Waals surface area contributed by atoms with Crippen molar-refractivity contribution in [2.75, 3.05) is 6.61 Å². The molecule has 1 nitrogen and oxygen atoms in total. The molecule has 0 saturated heterocycles. The molecule has 0 amide bonds. The average Bonchev–Trinajstić information content (AvgIpc) is 2.22. The predicted octanol–water partition coefficient (Wildman–Crippen LogP) is 3.36. The first-order valence-electron chi connectivity index (χ1n) is 5.02. The van der Waals surface area contributed by atoms with Crippen molar-refractivity contribution < 1.29 is 5.11 Å². The molecule has 0 saturated carbocycles. The van der Waals surface area contributed by atoms with Crippen LogP contribution in [0, 0.1) is 0 Å². The number of hydrogen-bond donors (Lipinski definition) is 1. The monoisotopic (exact) mass is 192 g/mol. The van der Waals surface area contributed by atoms with Crippen molar-refractivity contribution in [3.8, 4) is 0 Å². The Hall–Kier alpha value is -1.08. The van der Waals surface area contributed by atoms with E-state index in [-0.39, 0.29) is 6.61 Å². The molecule has 0 radical (unpaired) electrons. The molecule has 0 fully saturated rings. The summed E-state index contributed by atoms with van der Waals surface area (Å²) in [5, 5.41) is 8.98. The van der Waals surface area contributed by atoms with Crippen LogP contribution in [0.5, 0.6) is 0 Å². The zero-order valence-corrected chi connectivity index (χ0v) is 9.11. The summed E-state index contributed by atoms with van der Waals surface area (Å²) in [6, 6.07) is 10.1. The lowest BCUT2D eigenvalue weighted by molar-refractivity contribution is 0.262. The lowest BCUT2D eigenvalue weighted by atomic mass is 9.98. The molecule has 0 aliphatic heterocycles. The first-order chi connectivity index (χ1) is 6.79. The molecule has 0 aliphatic carbocycles. The van der Waals surface area contributed by atoms with Crippen LogP contribution in [0.25, 0.3) is 0 Å². The number of benzene rings is 1. The summed E-state index contributed by atoms with van der Waals surface area (Å²) < 4.78 is 0. The molecule has 1 aromatic carbocycles. The van der Waals surface area contributed by atoms with Gasteiger partial charge in [0.1, 0.15) is 0 Å². The van der Waals surface area contributed by atoms with Crippen molar-refractivity contribution in [3.05, 3.63) is 48.6 Å². The highest BCUT2D eigenvalue weighted by Crippen LogP contribution is 2.17. The van der Waals surface area contributed by atoms with Crippen molar-refractivity contribution >= 4 is 0 Å². The van der Waals surface area contributed by atoms with E-state index in [1.54, 1.807) is 6.08 Å². The number of hydrogen-bond acceptors (Lipinski definition) is 1. The molecule has 14 heavy (non-hydrogen) atoms. The van der Waals surface area contributed by atoms with Gasteiger partial charge in [-0.3, -0.25) is 0 Å². The summed E-state index contributed by atoms with van der Waals surface area (Å²) in [7, 11) is 0. The summed E-state index contributed by atoms with van der Waals surface area (Å²) in [4.78, 5) is 0. The van der Waals surface area contributed by atoms with Crippen LogP contribution >= 0.6 is 0 Å². The normalized spacial score (nSPS) is 11.1. The fourth-order valence-electron chi connectivity index (χ4n) is 1.20. The van der Waals surface area contributed by atoms with Crippen LogP contribution in [-0.4, -0.2) is 11.7 Å². The molecule has 1 N–H and O–H groups in total. The minimum Gasteiger partial charge on any atom is -0.396 e. The zero-order chi connectivity index (χ0) is 10.8. The molecule has 1 aromatic rings. The smallest absolute Gasteiger partial charge is 0.0499 e. The standard InChI is InChI=1S/C10H14O.C3H6/c1-2-9(8-11)10-6-4-3-5-7-10;1-3-2/h3-7,9,11H,2,8H2,1H3;3H,1H2,2H3. The molecule has 1 heteroatoms. The van der Waals surface area contributed by atoms with Gasteiger partial charge in [0, 0.05) is 12.5 Å². The van der Waals surface area contributed by atoms with Crippen molar-refractivity contribution in [2.24, 2.45) is 0 Å². The SMILES string of the molecule is C=CC.CCC(CO)c1ccccc1. The van der Waals surface area contributed by atoms with Gasteiger partial charge in [0.05, 0.1) is 0 Å². The van der Waals surface area contributed by atoms with Crippen molar-refractivity contribution in [2.45, 2.75) is 26.2 Å². The maximum absolute atomic E-state index is 8.98. The molecular weight excluding hydrogens is 172 g/mol. The molecule has 1 unspecified atom stereocenters. The molecular formula is C13H20O. The van der Waals surface area contributed by atoms with E-state index in [0.29, 0.717) is 5.92 Å². The Bertz CT molecular complexity index is 224. The highest BCUT2D eigenvalue weighted by Gasteiger charge is 2.05. The summed E-state index contributed by atoms with van der Waals surface area (Å²) in [6.07, 6.45) is 2.75. The molecule has 1 rings (SSSR count). The van der Waals surface area contributed by atoms with Crippen molar-refractivity contribution in [1.82, 2.24) is 0 Å². The van der Waals surface area contributed by atoms with Gasteiger partial charge in [0.25, 0.3) is 0 Å². The highest BCUT2D eigenvalue weighted by atomic mass is 16.3. The second-order valence-corrected chi connectivity index (χ2v) is 3.11. The van der Waals surface area contributed by atoms with Gasteiger partial charge in [-0.05, 0) is 18.9 Å². The molecule has 0 heterocycles. The predicted molar refractivity (Wildman–Crippen MR) is 62.4 cm³/mol. The van der Waals surface area contributed by atoms with E-state index in [0.717, 1.165) is 6.42 Å². The van der Waals surface area contributed by atoms with E-state index in [4.69, 9.17) is 5.11 Å². The second-order valence-electron chi connectivity index (χ2n) is 3.11. The number of aliphatic hydroxyl groups excluding tert-OH is 1. The van der Waals surface area contributed by atoms with E-state index < -0.39 is 0 Å². The first kappa shape index (κ1) is 12.9. The van der Waals surface area contributed by atoms with Gasteiger partial charge in [0.15, 0.2) is 0 Å². The molecule has 0 aliphatic rings. The van der Waals surface area contributed by atoms with E-state index in [9.17, 15) is 0 Å². The lowest BCUT2D eigenvalue weighted by Crippen LogP contribution is -2.01. The van der Waals surface area contributed by atoms with Crippen LogP contribution in [0.2, 0.25) is 0 Å². The number of rotatable bonds is 3. The van der Waals surface area contributed by atoms with Crippen molar-refractivity contribution in [1.29, 1.82) is 0 Å². The van der Waals surface area contributed by atoms with Gasteiger partial charge in [-0.1, -0.05) is 43.3 Å². The summed E-state index contributed by atoms with van der Waals surface area (Å²) >= 11 is 0. The second kappa shape index (κ2) is 8.52. The average molecular weight is 192 g/mol. The van der Waals surface area contributed by atoms with Gasteiger partial charge in [-0.15, -0.1) is 6.58 Å². The van der Waals surface area contributed by atoms with Gasteiger partial charge in [-0.25, -0.2) is 0 Å². The van der Waals surface area contributed by atoms with Gasteiger partial charge in [-0.2, -0.15) is 0 Å². The summed E-state index contributed by atoms with van der Waals surface area (Å²) in [5.41, 5.74) is 1.23. The Morgan fingerprint density at radius 3 is 2.21 bits per heavy atom. The topological polar surface area (TPSA) is 20.2 Å². The highest BCUT2D eigenvalue weighted by molar-refractivity contribution is 5.19. The molecule has 0 bridgehead atoms. The Balaban J connectivity index is 0.000000500. The Morgan fingerprint density at radius 1 is 1.36 bits per heavy atom. The molecule has 0 spiro atoms. The Labute approximate surface area is 87.1 Å². The van der Waals surface area contributed by atoms with Crippen LogP contribution in [0.4, 0.5) is 0 Å². The lowest BCUT2D eigenvalue weighted by Gasteiger charge is -2.10. The van der Waals surface area contributed by atoms with Crippen LogP contribution < -0.4 is 0 Å². The van der Waals surface area contributed by atoms with Gasteiger partial charge >= 0.3 is 0 Å². The third-order valence-corrected chi connectivity index (χ3v) is 1.98. The third kappa shape index (κ3) is 4.83. The number of aliphatic hydroxyl groups is 1. The van der Waals surface area contributed by atoms with E-state index in [2.05, 4.69) is 25.6 Å². The summed E-state index contributed by atoms with van der Waals surface area (Å²) in [6.45, 7) is 7.59. The minimum atomic E-state index is 0.251. The van der Waals surface area contributed by atoms with E-state index >= 15 is 0 Å². The molecule has 1 atom stereocenters. The quantitative estimate of drug-likeness (QED) is 0.728. The largest absolute Gasteiger partial charge is 0.396 e. The van der Waals surface area contributed by atoms with Crippen LogP contribution in [-0.2, 0) is 0 Å². The van der Waals surface area contributed by atoms with Crippen molar-refractivity contribution in [3.63, 3.8) is 0 Å².